The summed E-state index contributed by atoms with van der Waals surface area (Å²) in [6, 6.07) is 98.8. The fraction of sp³-hybridized carbons (Fsp3) is 0.321. The van der Waals surface area contributed by atoms with E-state index >= 15 is 0 Å². The maximum atomic E-state index is 2.32. The highest BCUT2D eigenvalue weighted by Crippen LogP contribution is 2.55. The lowest BCUT2D eigenvalue weighted by Gasteiger charge is -2.35. The predicted octanol–water partition coefficient (Wildman–Crippen LogP) is 31.2. The summed E-state index contributed by atoms with van der Waals surface area (Å²) in [6.45, 7) is 48.0. The van der Waals surface area contributed by atoms with E-state index in [1.165, 1.54) is 134 Å². The lowest BCUT2D eigenvalue weighted by molar-refractivity contribution is 0.825. The lowest BCUT2D eigenvalue weighted by atomic mass is 9.68. The van der Waals surface area contributed by atoms with Crippen molar-refractivity contribution in [1.29, 1.82) is 0 Å². The van der Waals surface area contributed by atoms with Crippen LogP contribution < -0.4 is 0 Å². The first-order chi connectivity index (χ1) is 52.7. The molecule has 0 radical (unpaired) electrons. The Balaban J connectivity index is 0.000000231. The number of hydrogen-bond donors (Lipinski definition) is 0. The van der Waals surface area contributed by atoms with Gasteiger partial charge in [-0.25, -0.2) is 0 Å². The van der Waals surface area contributed by atoms with Gasteiger partial charge in [-0.3, -0.25) is 0 Å². The molecular formula is C106H132. The molecule has 0 N–H and O–H groups in total. The van der Waals surface area contributed by atoms with Crippen LogP contribution in [-0.2, 0) is 38.5 Å². The van der Waals surface area contributed by atoms with E-state index in [0.717, 1.165) is 38.5 Å². The van der Waals surface area contributed by atoms with Crippen LogP contribution in [0.1, 0.15) is 323 Å². The molecule has 12 aromatic rings. The van der Waals surface area contributed by atoms with Crippen molar-refractivity contribution in [3.63, 3.8) is 0 Å². The van der Waals surface area contributed by atoms with Gasteiger partial charge in [0.15, 0.2) is 0 Å². The molecule has 0 heteroatoms. The molecule has 0 heterocycles. The molecule has 0 spiro atoms. The topological polar surface area (TPSA) is 0 Å². The van der Waals surface area contributed by atoms with Crippen molar-refractivity contribution in [2.75, 3.05) is 0 Å². The summed E-state index contributed by atoms with van der Waals surface area (Å²) in [5.41, 5.74) is 42.0. The molecular weight excluding hydrogens is 1270 g/mol. The van der Waals surface area contributed by atoms with Gasteiger partial charge in [-0.05, 0) is 194 Å². The number of fused-ring (bicyclic) bond motifs is 18. The Hall–Kier alpha value is -9.36. The standard InChI is InChI=1S/2C21H16.2C20H14.12C2H6/c2*1-3-10-18-14(6-1)12-16-8-5-9-17-13-15-7-2-4-11-19(15)21(18)20(16)17;2*1-2-8-15-13(6-1)12-14-7-5-11-17-16-9-3-4-10-18(16)20(15)19(14)17;12*1-2/h2*1-11,21H,12-13H2;2*1-11,20H,12H2;12*1-2H3. The van der Waals surface area contributed by atoms with E-state index in [1.807, 2.05) is 166 Å². The van der Waals surface area contributed by atoms with Gasteiger partial charge in [0.1, 0.15) is 0 Å². The summed E-state index contributed by atoms with van der Waals surface area (Å²) in [5.74, 6) is 1.77. The molecule has 106 heavy (non-hydrogen) atoms. The Kier molecular flexibility index (Phi) is 37.8. The Morgan fingerprint density at radius 2 is 0.274 bits per heavy atom. The van der Waals surface area contributed by atoms with E-state index in [4.69, 9.17) is 0 Å². The molecule has 8 aliphatic carbocycles. The summed E-state index contributed by atoms with van der Waals surface area (Å²) in [6.07, 6.45) is 6.47. The molecule has 2 unspecified atom stereocenters. The van der Waals surface area contributed by atoms with Crippen LogP contribution in [0.2, 0.25) is 0 Å². The summed E-state index contributed by atoms with van der Waals surface area (Å²) in [4.78, 5) is 0. The van der Waals surface area contributed by atoms with Gasteiger partial charge in [0.05, 0.1) is 0 Å². The highest BCUT2D eigenvalue weighted by atomic mass is 14.4. The van der Waals surface area contributed by atoms with Crippen LogP contribution in [0.4, 0.5) is 0 Å². The fourth-order valence-electron chi connectivity index (χ4n) is 16.4. The Morgan fingerprint density at radius 3 is 0.491 bits per heavy atom. The van der Waals surface area contributed by atoms with Crippen molar-refractivity contribution in [2.24, 2.45) is 0 Å². The molecule has 20 rings (SSSR count). The maximum absolute atomic E-state index is 2.32. The number of rotatable bonds is 0. The van der Waals surface area contributed by atoms with Crippen LogP contribution in [0.15, 0.2) is 267 Å². The normalized spacial score (nSPS) is 13.2. The van der Waals surface area contributed by atoms with Gasteiger partial charge in [0, 0.05) is 23.7 Å². The summed E-state index contributed by atoms with van der Waals surface area (Å²) in [7, 11) is 0. The van der Waals surface area contributed by atoms with Gasteiger partial charge in [-0.1, -0.05) is 433 Å². The SMILES string of the molecule is CC.CC.CC.CC.CC.CC.CC.CC.CC.CC.CC.CC.c1ccc2c(c1)Cc1cccc3c1C2c1ccccc1-3.c1ccc2c(c1)Cc1cccc3c1C2c1ccccc1-3.c1ccc2c(c1)Cc1cccc3c1C2c1ccccc1C3.c1ccc2c(c1)Cc1cccc3c1C2c1ccccc1C3. The monoisotopic (exact) mass is 1410 g/mol. The molecule has 556 valence electrons. The molecule has 0 nitrogen and oxygen atoms in total. The third-order valence-corrected chi connectivity index (χ3v) is 19.7. The highest BCUT2D eigenvalue weighted by molar-refractivity contribution is 5.85. The van der Waals surface area contributed by atoms with Crippen molar-refractivity contribution < 1.29 is 0 Å². The largest absolute Gasteiger partial charge is 0.0683 e. The Morgan fingerprint density at radius 1 is 0.132 bits per heavy atom. The van der Waals surface area contributed by atoms with Crippen LogP contribution in [0.5, 0.6) is 0 Å². The quantitative estimate of drug-likeness (QED) is 0.142. The Bertz CT molecular complexity index is 4140. The average molecular weight is 1410 g/mol. The molecule has 0 saturated heterocycles. The van der Waals surface area contributed by atoms with Crippen molar-refractivity contribution in [1.82, 2.24) is 0 Å². The second-order valence-corrected chi connectivity index (χ2v) is 23.9. The molecule has 0 bridgehead atoms. The molecule has 0 amide bonds. The highest BCUT2D eigenvalue weighted by Gasteiger charge is 2.38. The van der Waals surface area contributed by atoms with E-state index in [-0.39, 0.29) is 0 Å². The molecule has 0 aliphatic heterocycles. The first-order valence-electron chi connectivity index (χ1n) is 41.8. The third-order valence-electron chi connectivity index (χ3n) is 19.7. The van der Waals surface area contributed by atoms with Gasteiger partial charge in [0.25, 0.3) is 0 Å². The van der Waals surface area contributed by atoms with Crippen molar-refractivity contribution in [3.8, 4) is 22.3 Å². The lowest BCUT2D eigenvalue weighted by Crippen LogP contribution is -2.21. The molecule has 12 aromatic carbocycles. The molecule has 0 fully saturated rings. The van der Waals surface area contributed by atoms with E-state index < -0.39 is 0 Å². The second-order valence-electron chi connectivity index (χ2n) is 23.9. The first kappa shape index (κ1) is 87.3. The van der Waals surface area contributed by atoms with Gasteiger partial charge in [-0.15, -0.1) is 0 Å². The second kappa shape index (κ2) is 45.9. The average Bonchev–Trinajstić information content (AvgIpc) is 1.55. The molecule has 2 atom stereocenters. The van der Waals surface area contributed by atoms with Gasteiger partial charge < -0.3 is 0 Å². The van der Waals surface area contributed by atoms with Crippen LogP contribution in [-0.4, -0.2) is 0 Å². The van der Waals surface area contributed by atoms with Crippen molar-refractivity contribution in [3.05, 3.63) is 400 Å². The van der Waals surface area contributed by atoms with Crippen LogP contribution in [0.25, 0.3) is 22.3 Å². The first-order valence-corrected chi connectivity index (χ1v) is 41.8. The van der Waals surface area contributed by atoms with E-state index in [9.17, 15) is 0 Å². The Labute approximate surface area is 647 Å². The van der Waals surface area contributed by atoms with Crippen molar-refractivity contribution >= 4 is 0 Å². The molecule has 8 aliphatic rings. The number of benzene rings is 12. The van der Waals surface area contributed by atoms with Crippen LogP contribution in [0, 0.1) is 0 Å². The minimum atomic E-state index is 0.436. The van der Waals surface area contributed by atoms with Gasteiger partial charge in [-0.2, -0.15) is 0 Å². The fourth-order valence-corrected chi connectivity index (χ4v) is 16.4. The zero-order valence-corrected chi connectivity index (χ0v) is 70.0. The molecule has 0 saturated carbocycles. The van der Waals surface area contributed by atoms with Crippen LogP contribution >= 0.6 is 0 Å². The van der Waals surface area contributed by atoms with Gasteiger partial charge in [0.2, 0.25) is 0 Å². The minimum Gasteiger partial charge on any atom is -0.0683 e. The van der Waals surface area contributed by atoms with E-state index in [1.54, 1.807) is 22.3 Å². The van der Waals surface area contributed by atoms with Gasteiger partial charge >= 0.3 is 0 Å². The predicted molar refractivity (Wildman–Crippen MR) is 472 cm³/mol. The van der Waals surface area contributed by atoms with Crippen LogP contribution in [0.3, 0.4) is 0 Å². The maximum Gasteiger partial charge on any atom is 0.0357 e. The summed E-state index contributed by atoms with van der Waals surface area (Å²) >= 11 is 0. The van der Waals surface area contributed by atoms with Crippen molar-refractivity contribution in [2.45, 2.75) is 228 Å². The zero-order chi connectivity index (χ0) is 77.8. The minimum absolute atomic E-state index is 0.436. The molecule has 0 aromatic heterocycles. The van der Waals surface area contributed by atoms with E-state index in [0.29, 0.717) is 23.7 Å². The summed E-state index contributed by atoms with van der Waals surface area (Å²) < 4.78 is 0. The van der Waals surface area contributed by atoms with E-state index in [2.05, 4.69) is 267 Å². The smallest absolute Gasteiger partial charge is 0.0357 e. The summed E-state index contributed by atoms with van der Waals surface area (Å²) in [5, 5.41) is 0. The zero-order valence-electron chi connectivity index (χ0n) is 70.0. The number of hydrogen-bond acceptors (Lipinski definition) is 0. The third kappa shape index (κ3) is 18.0.